The lowest BCUT2D eigenvalue weighted by Crippen LogP contribution is -2.39. The van der Waals surface area contributed by atoms with E-state index < -0.39 is 11.8 Å². The standard InChI is InChI=1S/C20H22F3NO2/c1-14(2)24(13-15-7-5-4-6-8-15)18(25)16-9-11-17(12-10-16)19(3,26)20(21,22)23/h4-12,14,26H,13H2,1-3H3. The zero-order chi connectivity index (χ0) is 19.5. The van der Waals surface area contributed by atoms with Crippen molar-refractivity contribution >= 4 is 5.91 Å². The van der Waals surface area contributed by atoms with E-state index in [1.165, 1.54) is 12.1 Å². The Balaban J connectivity index is 2.24. The molecule has 2 aromatic carbocycles. The Hall–Kier alpha value is -2.34. The molecule has 3 nitrogen and oxygen atoms in total. The van der Waals surface area contributed by atoms with E-state index in [-0.39, 0.29) is 23.1 Å². The number of hydrogen-bond acceptors (Lipinski definition) is 2. The summed E-state index contributed by atoms with van der Waals surface area (Å²) in [7, 11) is 0. The lowest BCUT2D eigenvalue weighted by atomic mass is 9.94. The molecule has 26 heavy (non-hydrogen) atoms. The van der Waals surface area contributed by atoms with Gasteiger partial charge >= 0.3 is 6.18 Å². The largest absolute Gasteiger partial charge is 0.421 e. The highest BCUT2D eigenvalue weighted by Gasteiger charge is 2.51. The van der Waals surface area contributed by atoms with Crippen molar-refractivity contribution < 1.29 is 23.1 Å². The molecule has 140 valence electrons. The van der Waals surface area contributed by atoms with Gasteiger partial charge in [-0.05, 0) is 44.0 Å². The average Bonchev–Trinajstić information content (AvgIpc) is 2.59. The van der Waals surface area contributed by atoms with Crippen LogP contribution in [0.25, 0.3) is 0 Å². The minimum absolute atomic E-state index is 0.0827. The van der Waals surface area contributed by atoms with Crippen LogP contribution in [-0.2, 0) is 12.1 Å². The molecule has 0 aliphatic rings. The molecular weight excluding hydrogens is 343 g/mol. The zero-order valence-corrected chi connectivity index (χ0v) is 14.9. The third-order valence-electron chi connectivity index (χ3n) is 4.33. The molecule has 0 saturated heterocycles. The molecule has 0 saturated carbocycles. The lowest BCUT2D eigenvalue weighted by Gasteiger charge is -2.28. The number of carbonyl (C=O) groups excluding carboxylic acids is 1. The van der Waals surface area contributed by atoms with Gasteiger partial charge in [-0.2, -0.15) is 13.2 Å². The Morgan fingerprint density at radius 3 is 2.04 bits per heavy atom. The van der Waals surface area contributed by atoms with Crippen LogP contribution in [0.1, 0.15) is 42.3 Å². The first kappa shape index (κ1) is 20.0. The maximum atomic E-state index is 12.9. The first-order valence-electron chi connectivity index (χ1n) is 8.28. The molecule has 0 aliphatic carbocycles. The topological polar surface area (TPSA) is 40.5 Å². The summed E-state index contributed by atoms with van der Waals surface area (Å²) in [6.07, 6.45) is -4.80. The predicted molar refractivity (Wildman–Crippen MR) is 93.5 cm³/mol. The van der Waals surface area contributed by atoms with E-state index in [0.717, 1.165) is 17.7 Å². The Kier molecular flexibility index (Phi) is 5.76. The lowest BCUT2D eigenvalue weighted by molar-refractivity contribution is -0.258. The average molecular weight is 365 g/mol. The Morgan fingerprint density at radius 1 is 1.04 bits per heavy atom. The van der Waals surface area contributed by atoms with Crippen LogP contribution in [-0.4, -0.2) is 28.1 Å². The Bertz CT molecular complexity index is 738. The van der Waals surface area contributed by atoms with Crippen molar-refractivity contribution in [3.63, 3.8) is 0 Å². The van der Waals surface area contributed by atoms with E-state index in [0.29, 0.717) is 13.5 Å². The molecule has 6 heteroatoms. The summed E-state index contributed by atoms with van der Waals surface area (Å²) in [4.78, 5) is 14.4. The van der Waals surface area contributed by atoms with E-state index in [4.69, 9.17) is 0 Å². The van der Waals surface area contributed by atoms with Crippen LogP contribution in [0.4, 0.5) is 13.2 Å². The SMILES string of the molecule is CC(C)N(Cc1ccccc1)C(=O)c1ccc(C(C)(O)C(F)(F)F)cc1. The summed E-state index contributed by atoms with van der Waals surface area (Å²) in [5.41, 5.74) is -2.03. The summed E-state index contributed by atoms with van der Waals surface area (Å²) < 4.78 is 38.8. The predicted octanol–water partition coefficient (Wildman–Crippen LogP) is 4.51. The monoisotopic (exact) mass is 365 g/mol. The smallest absolute Gasteiger partial charge is 0.376 e. The van der Waals surface area contributed by atoms with Crippen molar-refractivity contribution in [2.24, 2.45) is 0 Å². The van der Waals surface area contributed by atoms with Gasteiger partial charge in [0.05, 0.1) is 0 Å². The van der Waals surface area contributed by atoms with Crippen LogP contribution >= 0.6 is 0 Å². The summed E-state index contributed by atoms with van der Waals surface area (Å²) >= 11 is 0. The van der Waals surface area contributed by atoms with Gasteiger partial charge in [0.1, 0.15) is 0 Å². The molecule has 0 aliphatic heterocycles. The number of rotatable bonds is 5. The van der Waals surface area contributed by atoms with Crippen LogP contribution in [0.5, 0.6) is 0 Å². The van der Waals surface area contributed by atoms with Crippen molar-refractivity contribution in [1.29, 1.82) is 0 Å². The number of benzene rings is 2. The fraction of sp³-hybridized carbons (Fsp3) is 0.350. The molecule has 0 radical (unpaired) electrons. The van der Waals surface area contributed by atoms with Gasteiger partial charge in [0.2, 0.25) is 0 Å². The summed E-state index contributed by atoms with van der Waals surface area (Å²) in [5, 5.41) is 9.72. The molecule has 2 aromatic rings. The van der Waals surface area contributed by atoms with Crippen LogP contribution in [0, 0.1) is 0 Å². The van der Waals surface area contributed by atoms with Gasteiger partial charge in [0, 0.05) is 18.2 Å². The van der Waals surface area contributed by atoms with Gasteiger partial charge < -0.3 is 10.0 Å². The summed E-state index contributed by atoms with van der Waals surface area (Å²) in [6, 6.07) is 14.3. The normalized spacial score (nSPS) is 14.2. The van der Waals surface area contributed by atoms with Gasteiger partial charge in [0.15, 0.2) is 5.60 Å². The number of hydrogen-bond donors (Lipinski definition) is 1. The van der Waals surface area contributed by atoms with Crippen molar-refractivity contribution in [1.82, 2.24) is 4.90 Å². The first-order valence-corrected chi connectivity index (χ1v) is 8.28. The van der Waals surface area contributed by atoms with Crippen molar-refractivity contribution in [2.45, 2.75) is 45.1 Å². The molecule has 1 atom stereocenters. The third kappa shape index (κ3) is 4.25. The number of carbonyl (C=O) groups is 1. The molecule has 0 bridgehead atoms. The third-order valence-corrected chi connectivity index (χ3v) is 4.33. The van der Waals surface area contributed by atoms with Gasteiger partial charge in [-0.1, -0.05) is 42.5 Å². The maximum Gasteiger partial charge on any atom is 0.421 e. The van der Waals surface area contributed by atoms with Crippen LogP contribution in [0.3, 0.4) is 0 Å². The van der Waals surface area contributed by atoms with Crippen molar-refractivity contribution in [3.05, 3.63) is 71.3 Å². The first-order chi connectivity index (χ1) is 12.0. The second kappa shape index (κ2) is 7.50. The van der Waals surface area contributed by atoms with Crippen LogP contribution in [0.15, 0.2) is 54.6 Å². The van der Waals surface area contributed by atoms with Crippen LogP contribution < -0.4 is 0 Å². The molecule has 1 amide bonds. The Morgan fingerprint density at radius 2 is 1.58 bits per heavy atom. The highest BCUT2D eigenvalue weighted by molar-refractivity contribution is 5.94. The zero-order valence-electron chi connectivity index (χ0n) is 14.9. The molecule has 2 rings (SSSR count). The number of aliphatic hydroxyl groups is 1. The maximum absolute atomic E-state index is 12.9. The Labute approximate surface area is 151 Å². The number of alkyl halides is 3. The highest BCUT2D eigenvalue weighted by atomic mass is 19.4. The molecule has 1 N–H and O–H groups in total. The van der Waals surface area contributed by atoms with Gasteiger partial charge in [-0.3, -0.25) is 4.79 Å². The number of nitrogens with zero attached hydrogens (tertiary/aromatic N) is 1. The molecule has 0 heterocycles. The van der Waals surface area contributed by atoms with E-state index in [2.05, 4.69) is 0 Å². The molecule has 0 spiro atoms. The summed E-state index contributed by atoms with van der Waals surface area (Å²) in [6.45, 7) is 4.85. The fourth-order valence-corrected chi connectivity index (χ4v) is 2.54. The minimum Gasteiger partial charge on any atom is -0.376 e. The summed E-state index contributed by atoms with van der Waals surface area (Å²) in [5.74, 6) is -0.276. The quantitative estimate of drug-likeness (QED) is 0.847. The molecule has 0 aromatic heterocycles. The minimum atomic E-state index is -4.80. The van der Waals surface area contributed by atoms with E-state index in [1.807, 2.05) is 44.2 Å². The van der Waals surface area contributed by atoms with Crippen LogP contribution in [0.2, 0.25) is 0 Å². The van der Waals surface area contributed by atoms with Crippen molar-refractivity contribution in [2.75, 3.05) is 0 Å². The number of amides is 1. The van der Waals surface area contributed by atoms with Gasteiger partial charge in [0.25, 0.3) is 5.91 Å². The van der Waals surface area contributed by atoms with E-state index in [9.17, 15) is 23.1 Å². The molecule has 1 unspecified atom stereocenters. The fourth-order valence-electron chi connectivity index (χ4n) is 2.54. The highest BCUT2D eigenvalue weighted by Crippen LogP contribution is 2.38. The number of halogens is 3. The van der Waals surface area contributed by atoms with Gasteiger partial charge in [-0.25, -0.2) is 0 Å². The van der Waals surface area contributed by atoms with E-state index >= 15 is 0 Å². The second-order valence-electron chi connectivity index (χ2n) is 6.66. The van der Waals surface area contributed by atoms with E-state index in [1.54, 1.807) is 4.90 Å². The molecular formula is C20H22F3NO2. The van der Waals surface area contributed by atoms with Crippen molar-refractivity contribution in [3.8, 4) is 0 Å². The van der Waals surface area contributed by atoms with Gasteiger partial charge in [-0.15, -0.1) is 0 Å². The molecule has 0 fully saturated rings. The second-order valence-corrected chi connectivity index (χ2v) is 6.66.